The summed E-state index contributed by atoms with van der Waals surface area (Å²) in [4.78, 5) is 4.14. The molecule has 2 rings (SSSR count). The molecule has 4 heteroatoms. The summed E-state index contributed by atoms with van der Waals surface area (Å²) in [7, 11) is 0. The van der Waals surface area contributed by atoms with Crippen LogP contribution in [0.5, 0.6) is 0 Å². The number of aliphatic imine (C=N–C) groups is 1. The predicted octanol–water partition coefficient (Wildman–Crippen LogP) is 2.11. The normalized spacial score (nSPS) is 14.2. The number of nitrogens with two attached hydrogens (primary N) is 1. The summed E-state index contributed by atoms with van der Waals surface area (Å²) < 4.78 is 0. The minimum absolute atomic E-state index is 0.351. The van der Waals surface area contributed by atoms with Gasteiger partial charge in [0.2, 0.25) is 0 Å². The van der Waals surface area contributed by atoms with Crippen LogP contribution in [0, 0.1) is 0 Å². The lowest BCUT2D eigenvalue weighted by atomic mass is 10.1. The van der Waals surface area contributed by atoms with Gasteiger partial charge in [-0.15, -0.1) is 0 Å². The Hall–Kier alpha value is -1.97. The van der Waals surface area contributed by atoms with Crippen LogP contribution in [0.4, 0.5) is 11.4 Å². The number of hydrogen-bond donors (Lipinski definition) is 3. The van der Waals surface area contributed by atoms with E-state index in [2.05, 4.69) is 36.1 Å². The number of rotatable bonds is 2. The van der Waals surface area contributed by atoms with Gasteiger partial charge in [-0.3, -0.25) is 0 Å². The largest absolute Gasteiger partial charge is 0.383 e. The van der Waals surface area contributed by atoms with Gasteiger partial charge in [-0.1, -0.05) is 12.6 Å². The molecular weight excluding hydrogens is 200 g/mol. The quantitative estimate of drug-likeness (QED) is 0.709. The molecule has 0 aliphatic carbocycles. The Kier molecular flexibility index (Phi) is 2.56. The number of nitrogens with one attached hydrogen (secondary N) is 2. The van der Waals surface area contributed by atoms with E-state index in [4.69, 9.17) is 5.73 Å². The Morgan fingerprint density at radius 3 is 2.88 bits per heavy atom. The van der Waals surface area contributed by atoms with Crippen molar-refractivity contribution < 1.29 is 0 Å². The summed E-state index contributed by atoms with van der Waals surface area (Å²) in [5.41, 5.74) is 8.78. The second-order valence-electron chi connectivity index (χ2n) is 4.10. The van der Waals surface area contributed by atoms with Gasteiger partial charge in [0.25, 0.3) is 0 Å². The number of amidine groups is 1. The first-order chi connectivity index (χ1) is 7.58. The third kappa shape index (κ3) is 1.86. The highest BCUT2D eigenvalue weighted by molar-refractivity contribution is 6.09. The molecule has 1 heterocycles. The highest BCUT2D eigenvalue weighted by atomic mass is 15.1. The first kappa shape index (κ1) is 10.5. The second-order valence-corrected chi connectivity index (χ2v) is 4.10. The Morgan fingerprint density at radius 1 is 1.44 bits per heavy atom. The fraction of sp³-hybridized carbons (Fsp3) is 0.250. The Balaban J connectivity index is 2.49. The van der Waals surface area contributed by atoms with E-state index in [9.17, 15) is 0 Å². The molecule has 0 saturated carbocycles. The van der Waals surface area contributed by atoms with Gasteiger partial charge in [-0.05, 0) is 26.0 Å². The van der Waals surface area contributed by atoms with Gasteiger partial charge in [0.05, 0.1) is 11.3 Å². The molecule has 1 aliphatic heterocycles. The van der Waals surface area contributed by atoms with Crippen LogP contribution in [-0.2, 0) is 0 Å². The van der Waals surface area contributed by atoms with Gasteiger partial charge >= 0.3 is 0 Å². The first-order valence-electron chi connectivity index (χ1n) is 5.28. The van der Waals surface area contributed by atoms with Crippen LogP contribution in [0.3, 0.4) is 0 Å². The van der Waals surface area contributed by atoms with E-state index < -0.39 is 0 Å². The van der Waals surface area contributed by atoms with Crippen LogP contribution >= 0.6 is 0 Å². The average Bonchev–Trinajstić information content (AvgIpc) is 2.15. The zero-order valence-corrected chi connectivity index (χ0v) is 9.54. The van der Waals surface area contributed by atoms with Crippen molar-refractivity contribution in [2.24, 2.45) is 10.7 Å². The molecule has 0 spiro atoms. The maximum Gasteiger partial charge on any atom is 0.137 e. The summed E-state index contributed by atoms with van der Waals surface area (Å²) in [5, 5.41) is 6.45. The van der Waals surface area contributed by atoms with Crippen molar-refractivity contribution in [2.45, 2.75) is 19.9 Å². The van der Waals surface area contributed by atoms with Gasteiger partial charge in [0.15, 0.2) is 0 Å². The van der Waals surface area contributed by atoms with E-state index in [-0.39, 0.29) is 0 Å². The van der Waals surface area contributed by atoms with Crippen molar-refractivity contribution in [3.05, 3.63) is 36.2 Å². The summed E-state index contributed by atoms with van der Waals surface area (Å²) in [6, 6.07) is 6.29. The SMILES string of the molecule is C=C1N=C(N)c2c(cccc2NC(C)C)N1. The van der Waals surface area contributed by atoms with Crippen LogP contribution in [0.15, 0.2) is 35.6 Å². The Morgan fingerprint density at radius 2 is 2.19 bits per heavy atom. The lowest BCUT2D eigenvalue weighted by molar-refractivity contribution is 0.899. The lowest BCUT2D eigenvalue weighted by Crippen LogP contribution is -2.24. The zero-order chi connectivity index (χ0) is 11.7. The van der Waals surface area contributed by atoms with E-state index >= 15 is 0 Å². The molecule has 84 valence electrons. The molecule has 0 radical (unpaired) electrons. The van der Waals surface area contributed by atoms with Crippen molar-refractivity contribution in [3.63, 3.8) is 0 Å². The van der Waals surface area contributed by atoms with E-state index in [1.54, 1.807) is 0 Å². The fourth-order valence-electron chi connectivity index (χ4n) is 1.75. The third-order valence-corrected chi connectivity index (χ3v) is 2.30. The summed E-state index contributed by atoms with van der Waals surface area (Å²) >= 11 is 0. The maximum atomic E-state index is 5.92. The first-order valence-corrected chi connectivity index (χ1v) is 5.28. The van der Waals surface area contributed by atoms with Crippen molar-refractivity contribution in [3.8, 4) is 0 Å². The van der Waals surface area contributed by atoms with Crippen molar-refractivity contribution in [2.75, 3.05) is 10.6 Å². The van der Waals surface area contributed by atoms with Crippen LogP contribution in [0.2, 0.25) is 0 Å². The smallest absolute Gasteiger partial charge is 0.137 e. The highest BCUT2D eigenvalue weighted by Gasteiger charge is 2.17. The van der Waals surface area contributed by atoms with Gasteiger partial charge < -0.3 is 16.4 Å². The predicted molar refractivity (Wildman–Crippen MR) is 68.7 cm³/mol. The number of nitrogens with zero attached hydrogens (tertiary/aromatic N) is 1. The van der Waals surface area contributed by atoms with Gasteiger partial charge in [-0.2, -0.15) is 0 Å². The van der Waals surface area contributed by atoms with Crippen LogP contribution in [0.25, 0.3) is 0 Å². The van der Waals surface area contributed by atoms with E-state index in [1.165, 1.54) is 0 Å². The van der Waals surface area contributed by atoms with E-state index in [0.717, 1.165) is 16.9 Å². The van der Waals surface area contributed by atoms with Crippen LogP contribution in [0.1, 0.15) is 19.4 Å². The van der Waals surface area contributed by atoms with Crippen molar-refractivity contribution >= 4 is 17.2 Å². The Bertz CT molecular complexity index is 460. The zero-order valence-electron chi connectivity index (χ0n) is 9.54. The van der Waals surface area contributed by atoms with Crippen molar-refractivity contribution in [1.82, 2.24) is 0 Å². The standard InChI is InChI=1S/C12H16N4/c1-7(2)14-9-5-4-6-10-11(9)12(13)16-8(3)15-10/h4-7,14-15H,3H2,1-2H3,(H2,13,16). The number of benzene rings is 1. The monoisotopic (exact) mass is 216 g/mol. The molecule has 0 saturated heterocycles. The number of anilines is 2. The molecule has 1 aromatic carbocycles. The van der Waals surface area contributed by atoms with E-state index in [0.29, 0.717) is 17.7 Å². The fourth-order valence-corrected chi connectivity index (χ4v) is 1.75. The van der Waals surface area contributed by atoms with Crippen LogP contribution in [-0.4, -0.2) is 11.9 Å². The molecule has 4 N–H and O–H groups in total. The minimum Gasteiger partial charge on any atom is -0.383 e. The molecule has 0 fully saturated rings. The molecule has 0 amide bonds. The maximum absolute atomic E-state index is 5.92. The second kappa shape index (κ2) is 3.89. The van der Waals surface area contributed by atoms with Crippen molar-refractivity contribution in [1.29, 1.82) is 0 Å². The molecule has 16 heavy (non-hydrogen) atoms. The van der Waals surface area contributed by atoms with Crippen LogP contribution < -0.4 is 16.4 Å². The summed E-state index contributed by atoms with van der Waals surface area (Å²) in [6.45, 7) is 7.93. The summed E-state index contributed by atoms with van der Waals surface area (Å²) in [6.07, 6.45) is 0. The average molecular weight is 216 g/mol. The molecule has 4 nitrogen and oxygen atoms in total. The number of fused-ring (bicyclic) bond motifs is 1. The Labute approximate surface area is 95.3 Å². The molecule has 0 unspecified atom stereocenters. The van der Waals surface area contributed by atoms with Gasteiger partial charge in [-0.25, -0.2) is 4.99 Å². The molecule has 1 aromatic rings. The lowest BCUT2D eigenvalue weighted by Gasteiger charge is -2.22. The highest BCUT2D eigenvalue weighted by Crippen LogP contribution is 2.28. The number of hydrogen-bond acceptors (Lipinski definition) is 4. The molecule has 0 atom stereocenters. The molecule has 0 aromatic heterocycles. The minimum atomic E-state index is 0.351. The molecule has 1 aliphatic rings. The topological polar surface area (TPSA) is 62.4 Å². The third-order valence-electron chi connectivity index (χ3n) is 2.30. The molecule has 0 bridgehead atoms. The summed E-state index contributed by atoms with van der Waals surface area (Å²) in [5.74, 6) is 1.08. The molecular formula is C12H16N4. The van der Waals surface area contributed by atoms with E-state index in [1.807, 2.05) is 18.2 Å². The van der Waals surface area contributed by atoms with Gasteiger partial charge in [0.1, 0.15) is 11.7 Å². The van der Waals surface area contributed by atoms with Gasteiger partial charge in [0, 0.05) is 11.7 Å².